The Hall–Kier alpha value is -2.81. The third-order valence-corrected chi connectivity index (χ3v) is 5.81. The van der Waals surface area contributed by atoms with Gasteiger partial charge < -0.3 is 29.2 Å². The largest absolute Gasteiger partial charge is 0.493 e. The highest BCUT2D eigenvalue weighted by molar-refractivity contribution is 6.04. The van der Waals surface area contributed by atoms with E-state index in [0.29, 0.717) is 30.5 Å². The van der Waals surface area contributed by atoms with Crippen LogP contribution in [0.15, 0.2) is 12.1 Å². The first-order valence-electron chi connectivity index (χ1n) is 10.9. The van der Waals surface area contributed by atoms with Gasteiger partial charge in [-0.25, -0.2) is 4.79 Å². The lowest BCUT2D eigenvalue weighted by molar-refractivity contribution is -0.151. The Morgan fingerprint density at radius 2 is 1.62 bits per heavy atom. The molecule has 5 atom stereocenters. The van der Waals surface area contributed by atoms with Crippen LogP contribution in [0.5, 0.6) is 11.5 Å². The van der Waals surface area contributed by atoms with E-state index in [-0.39, 0.29) is 41.2 Å². The summed E-state index contributed by atoms with van der Waals surface area (Å²) in [6, 6.07) is 2.97. The van der Waals surface area contributed by atoms with Crippen LogP contribution in [0, 0.1) is 11.8 Å². The number of hydrogen-bond donors (Lipinski definition) is 1. The van der Waals surface area contributed by atoms with Gasteiger partial charge in [0.1, 0.15) is 0 Å². The van der Waals surface area contributed by atoms with Crippen LogP contribution in [0.25, 0.3) is 0 Å². The fraction of sp³-hybridized carbons (Fsp3) is 0.609. The van der Waals surface area contributed by atoms with Gasteiger partial charge in [-0.1, -0.05) is 6.92 Å². The molecule has 32 heavy (non-hydrogen) atoms. The lowest BCUT2D eigenvalue weighted by atomic mass is 10.1. The van der Waals surface area contributed by atoms with Crippen molar-refractivity contribution in [2.75, 3.05) is 32.6 Å². The van der Waals surface area contributed by atoms with Crippen LogP contribution in [0.1, 0.15) is 44.5 Å². The Kier molecular flexibility index (Phi) is 7.28. The highest BCUT2D eigenvalue weighted by Gasteiger charge is 2.39. The van der Waals surface area contributed by atoms with E-state index in [4.69, 9.17) is 18.9 Å². The number of esters is 1. The molecule has 1 aliphatic heterocycles. The fourth-order valence-electron chi connectivity index (χ4n) is 3.95. The van der Waals surface area contributed by atoms with Gasteiger partial charge in [0.15, 0.2) is 17.6 Å². The van der Waals surface area contributed by atoms with Gasteiger partial charge in [-0.3, -0.25) is 9.59 Å². The molecule has 1 saturated heterocycles. The maximum absolute atomic E-state index is 13.0. The molecule has 9 heteroatoms. The average molecular weight is 449 g/mol. The molecule has 5 unspecified atom stereocenters. The predicted octanol–water partition coefficient (Wildman–Crippen LogP) is 2.48. The molecule has 1 saturated carbocycles. The second kappa shape index (κ2) is 9.77. The van der Waals surface area contributed by atoms with E-state index >= 15 is 0 Å². The summed E-state index contributed by atoms with van der Waals surface area (Å²) in [5.74, 6) is -0.298. The summed E-state index contributed by atoms with van der Waals surface area (Å²) in [4.78, 5) is 40.0. The summed E-state index contributed by atoms with van der Waals surface area (Å²) >= 11 is 0. The van der Waals surface area contributed by atoms with Crippen molar-refractivity contribution >= 4 is 23.5 Å². The molecule has 2 amide bonds. The second-order valence-electron chi connectivity index (χ2n) is 8.61. The highest BCUT2D eigenvalue weighted by atomic mass is 16.5. The van der Waals surface area contributed by atoms with Gasteiger partial charge in [0, 0.05) is 31.1 Å². The normalized spacial score (nSPS) is 25.5. The van der Waals surface area contributed by atoms with Crippen molar-refractivity contribution in [1.82, 2.24) is 4.90 Å². The summed E-state index contributed by atoms with van der Waals surface area (Å²) in [5, 5.41) is 2.80. The van der Waals surface area contributed by atoms with Gasteiger partial charge in [-0.2, -0.15) is 0 Å². The van der Waals surface area contributed by atoms with Crippen LogP contribution in [0.4, 0.5) is 5.69 Å². The number of methoxy groups -OCH3 is 2. The third kappa shape index (κ3) is 5.32. The minimum Gasteiger partial charge on any atom is -0.493 e. The molecular weight excluding hydrogens is 416 g/mol. The summed E-state index contributed by atoms with van der Waals surface area (Å²) in [5.41, 5.74) is 0.345. The molecule has 0 spiro atoms. The van der Waals surface area contributed by atoms with Gasteiger partial charge in [0.25, 0.3) is 5.91 Å². The van der Waals surface area contributed by atoms with Crippen LogP contribution in [-0.4, -0.2) is 68.3 Å². The van der Waals surface area contributed by atoms with E-state index < -0.39 is 12.1 Å². The van der Waals surface area contributed by atoms with E-state index in [2.05, 4.69) is 5.32 Å². The quantitative estimate of drug-likeness (QED) is 0.639. The maximum Gasteiger partial charge on any atom is 0.341 e. The molecule has 2 aliphatic rings. The summed E-state index contributed by atoms with van der Waals surface area (Å²) < 4.78 is 21.8. The summed E-state index contributed by atoms with van der Waals surface area (Å²) in [6.45, 7) is 8.19. The minimum atomic E-state index is -1.000. The SMILES string of the molecule is COc1cc(NC(=O)C2CC2C)c(C(=O)OC(C)C(=O)N2CC(C)OC(C)C2)cc1OC. The van der Waals surface area contributed by atoms with Crippen molar-refractivity contribution in [3.05, 3.63) is 17.7 Å². The number of ether oxygens (including phenoxy) is 4. The van der Waals surface area contributed by atoms with Gasteiger partial charge in [-0.05, 0) is 33.1 Å². The maximum atomic E-state index is 13.0. The molecule has 0 bridgehead atoms. The molecule has 1 aromatic carbocycles. The third-order valence-electron chi connectivity index (χ3n) is 5.81. The molecule has 1 heterocycles. The van der Waals surface area contributed by atoms with E-state index in [9.17, 15) is 14.4 Å². The molecule has 1 N–H and O–H groups in total. The predicted molar refractivity (Wildman–Crippen MR) is 117 cm³/mol. The van der Waals surface area contributed by atoms with Crippen molar-refractivity contribution in [1.29, 1.82) is 0 Å². The number of carbonyl (C=O) groups is 3. The Morgan fingerprint density at radius 1 is 1.06 bits per heavy atom. The lowest BCUT2D eigenvalue weighted by Crippen LogP contribution is -2.51. The zero-order valence-corrected chi connectivity index (χ0v) is 19.5. The van der Waals surface area contributed by atoms with E-state index in [1.165, 1.54) is 33.3 Å². The van der Waals surface area contributed by atoms with E-state index in [1.54, 1.807) is 4.90 Å². The molecule has 9 nitrogen and oxygen atoms in total. The molecule has 0 aromatic heterocycles. The van der Waals surface area contributed by atoms with Gasteiger partial charge in [0.05, 0.1) is 37.7 Å². The molecule has 176 valence electrons. The lowest BCUT2D eigenvalue weighted by Gasteiger charge is -2.36. The zero-order valence-electron chi connectivity index (χ0n) is 19.5. The van der Waals surface area contributed by atoms with Gasteiger partial charge >= 0.3 is 5.97 Å². The van der Waals surface area contributed by atoms with Crippen molar-refractivity contribution in [3.8, 4) is 11.5 Å². The number of anilines is 1. The Balaban J connectivity index is 1.79. The van der Waals surface area contributed by atoms with Gasteiger partial charge in [0.2, 0.25) is 5.91 Å². The van der Waals surface area contributed by atoms with Crippen molar-refractivity contribution in [2.45, 2.75) is 52.4 Å². The van der Waals surface area contributed by atoms with Crippen molar-refractivity contribution in [2.24, 2.45) is 11.8 Å². The van der Waals surface area contributed by atoms with Crippen LogP contribution in [-0.2, 0) is 19.1 Å². The number of nitrogens with one attached hydrogen (secondary N) is 1. The number of amides is 2. The molecule has 1 aliphatic carbocycles. The first-order chi connectivity index (χ1) is 15.1. The smallest absolute Gasteiger partial charge is 0.341 e. The van der Waals surface area contributed by atoms with Crippen molar-refractivity contribution < 1.29 is 33.3 Å². The Labute approximate surface area is 188 Å². The number of benzene rings is 1. The molecule has 0 radical (unpaired) electrons. The average Bonchev–Trinajstić information content (AvgIpc) is 3.48. The zero-order chi connectivity index (χ0) is 23.6. The van der Waals surface area contributed by atoms with Crippen LogP contribution >= 0.6 is 0 Å². The number of nitrogens with zero attached hydrogens (tertiary/aromatic N) is 1. The van der Waals surface area contributed by atoms with Crippen LogP contribution in [0.3, 0.4) is 0 Å². The van der Waals surface area contributed by atoms with E-state index in [0.717, 1.165) is 6.42 Å². The topological polar surface area (TPSA) is 103 Å². The fourth-order valence-corrected chi connectivity index (χ4v) is 3.95. The number of rotatable bonds is 7. The summed E-state index contributed by atoms with van der Waals surface area (Å²) in [7, 11) is 2.92. The Bertz CT molecular complexity index is 877. The number of hydrogen-bond acceptors (Lipinski definition) is 7. The molecule has 1 aromatic rings. The minimum absolute atomic E-state index is 0.0854. The molecular formula is C23H32N2O7. The van der Waals surface area contributed by atoms with Gasteiger partial charge in [-0.15, -0.1) is 0 Å². The second-order valence-corrected chi connectivity index (χ2v) is 8.61. The van der Waals surface area contributed by atoms with Crippen LogP contribution < -0.4 is 14.8 Å². The highest BCUT2D eigenvalue weighted by Crippen LogP contribution is 2.40. The monoisotopic (exact) mass is 448 g/mol. The van der Waals surface area contributed by atoms with Crippen molar-refractivity contribution in [3.63, 3.8) is 0 Å². The van der Waals surface area contributed by atoms with E-state index in [1.807, 2.05) is 20.8 Å². The standard InChI is InChI=1S/C23H32N2O7/c1-12-7-16(12)21(26)24-18-9-20(30-6)19(29-5)8-17(18)23(28)32-15(4)22(27)25-10-13(2)31-14(3)11-25/h8-9,12-16H,7,10-11H2,1-6H3,(H,24,26). The first kappa shape index (κ1) is 23.8. The van der Waals surface area contributed by atoms with Crippen LogP contribution in [0.2, 0.25) is 0 Å². The Morgan fingerprint density at radius 3 is 2.16 bits per heavy atom. The first-order valence-corrected chi connectivity index (χ1v) is 10.9. The number of morpholine rings is 1. The summed E-state index contributed by atoms with van der Waals surface area (Å²) in [6.07, 6.45) is -0.382. The molecule has 3 rings (SSSR count). The molecule has 2 fully saturated rings. The number of carbonyl (C=O) groups excluding carboxylic acids is 3.